The van der Waals surface area contributed by atoms with Crippen LogP contribution in [0.2, 0.25) is 0 Å². The van der Waals surface area contributed by atoms with E-state index in [2.05, 4.69) is 21.2 Å². The highest BCUT2D eigenvalue weighted by Gasteiger charge is 2.16. The lowest BCUT2D eigenvalue weighted by Crippen LogP contribution is -2.20. The summed E-state index contributed by atoms with van der Waals surface area (Å²) in [6.45, 7) is 0. The van der Waals surface area contributed by atoms with E-state index in [0.29, 0.717) is 4.47 Å². The maximum Gasteiger partial charge on any atom is 0.198 e. The van der Waals surface area contributed by atoms with Gasteiger partial charge in [0.15, 0.2) is 6.36 Å². The Kier molecular flexibility index (Phi) is 4.63. The predicted molar refractivity (Wildman–Crippen MR) is 57.6 cm³/mol. The molecule has 5 heteroatoms. The number of halogens is 3. The van der Waals surface area contributed by atoms with Crippen LogP contribution in [0.5, 0.6) is 0 Å². The molecule has 1 aromatic carbocycles. The van der Waals surface area contributed by atoms with Crippen molar-refractivity contribution in [3.8, 4) is 0 Å². The number of nitrogens with one attached hydrogen (secondary N) is 1. The molecule has 1 rings (SSSR count). The van der Waals surface area contributed by atoms with Gasteiger partial charge in [0, 0.05) is 16.9 Å². The molecular formula is C10H12BrF2NO. The largest absolute Gasteiger partial charge is 0.364 e. The third kappa shape index (κ3) is 3.52. The summed E-state index contributed by atoms with van der Waals surface area (Å²) >= 11 is 3.19. The lowest BCUT2D eigenvalue weighted by atomic mass is 10.0. The van der Waals surface area contributed by atoms with Crippen molar-refractivity contribution in [1.82, 2.24) is 5.32 Å². The monoisotopic (exact) mass is 279 g/mol. The molecule has 0 saturated heterocycles. The van der Waals surface area contributed by atoms with E-state index in [1.807, 2.05) is 0 Å². The van der Waals surface area contributed by atoms with Gasteiger partial charge in [0.05, 0.1) is 0 Å². The van der Waals surface area contributed by atoms with Gasteiger partial charge in [-0.05, 0) is 24.7 Å². The van der Waals surface area contributed by atoms with Crippen molar-refractivity contribution in [2.24, 2.45) is 0 Å². The summed E-state index contributed by atoms with van der Waals surface area (Å²) in [4.78, 5) is 0. The molecule has 0 radical (unpaired) electrons. The number of alkyl halides is 1. The average molecular weight is 280 g/mol. The zero-order valence-electron chi connectivity index (χ0n) is 8.17. The zero-order chi connectivity index (χ0) is 11.4. The Morgan fingerprint density at radius 2 is 2.20 bits per heavy atom. The number of benzene rings is 1. The third-order valence-electron chi connectivity index (χ3n) is 2.12. The maximum atomic E-state index is 12.8. The number of aliphatic hydroxyl groups is 1. The fourth-order valence-corrected chi connectivity index (χ4v) is 2.01. The summed E-state index contributed by atoms with van der Waals surface area (Å²) in [5.41, 5.74) is 0.718. The van der Waals surface area contributed by atoms with Gasteiger partial charge in [0.2, 0.25) is 0 Å². The number of hydrogen-bond donors (Lipinski definition) is 2. The second-order valence-corrected chi connectivity index (χ2v) is 4.03. The van der Waals surface area contributed by atoms with E-state index in [-0.39, 0.29) is 18.3 Å². The van der Waals surface area contributed by atoms with Crippen molar-refractivity contribution in [3.05, 3.63) is 34.1 Å². The summed E-state index contributed by atoms with van der Waals surface area (Å²) in [7, 11) is 1.66. The lowest BCUT2D eigenvalue weighted by molar-refractivity contribution is 0.0257. The van der Waals surface area contributed by atoms with E-state index in [1.165, 1.54) is 12.1 Å². The van der Waals surface area contributed by atoms with Crippen molar-refractivity contribution in [1.29, 1.82) is 0 Å². The summed E-state index contributed by atoms with van der Waals surface area (Å²) in [6.07, 6.45) is -1.96. The first kappa shape index (κ1) is 12.5. The van der Waals surface area contributed by atoms with Crippen LogP contribution in [0.15, 0.2) is 22.7 Å². The second kappa shape index (κ2) is 5.53. The normalized spacial score (nSPS) is 15.0. The molecule has 2 N–H and O–H groups in total. The van der Waals surface area contributed by atoms with Gasteiger partial charge in [0.1, 0.15) is 5.82 Å². The molecule has 0 fully saturated rings. The number of hydrogen-bond acceptors (Lipinski definition) is 2. The topological polar surface area (TPSA) is 32.3 Å². The minimum atomic E-state index is -1.89. The van der Waals surface area contributed by atoms with Crippen LogP contribution in [0.4, 0.5) is 8.78 Å². The van der Waals surface area contributed by atoms with E-state index in [1.54, 1.807) is 13.1 Å². The van der Waals surface area contributed by atoms with Crippen LogP contribution >= 0.6 is 15.9 Å². The van der Waals surface area contributed by atoms with Crippen LogP contribution in [0, 0.1) is 5.82 Å². The highest BCUT2D eigenvalue weighted by molar-refractivity contribution is 9.10. The maximum absolute atomic E-state index is 12.8. The van der Waals surface area contributed by atoms with Crippen LogP contribution in [0.1, 0.15) is 18.0 Å². The average Bonchev–Trinajstić information content (AvgIpc) is 2.14. The third-order valence-corrected chi connectivity index (χ3v) is 2.80. The standard InChI is InChI=1S/C10H12BrF2NO/c1-14-9(5-10(13)15)7-3-2-6(12)4-8(7)11/h2-4,9-10,14-15H,5H2,1H3. The van der Waals surface area contributed by atoms with Crippen LogP contribution in [0.25, 0.3) is 0 Å². The van der Waals surface area contributed by atoms with E-state index in [9.17, 15) is 8.78 Å². The van der Waals surface area contributed by atoms with Gasteiger partial charge in [-0.2, -0.15) is 0 Å². The Balaban J connectivity index is 2.91. The van der Waals surface area contributed by atoms with Crippen LogP contribution in [0.3, 0.4) is 0 Å². The molecule has 0 saturated carbocycles. The van der Waals surface area contributed by atoms with Gasteiger partial charge >= 0.3 is 0 Å². The summed E-state index contributed by atoms with van der Waals surface area (Å²) in [5, 5.41) is 11.5. The molecule has 84 valence electrons. The summed E-state index contributed by atoms with van der Waals surface area (Å²) in [5.74, 6) is -0.360. The van der Waals surface area contributed by atoms with Crippen molar-refractivity contribution in [2.45, 2.75) is 18.8 Å². The first-order chi connectivity index (χ1) is 7.04. The molecule has 0 aromatic heterocycles. The zero-order valence-corrected chi connectivity index (χ0v) is 9.76. The minimum Gasteiger partial charge on any atom is -0.364 e. The van der Waals surface area contributed by atoms with Crippen molar-refractivity contribution in [2.75, 3.05) is 7.05 Å². The molecule has 0 aliphatic rings. The van der Waals surface area contributed by atoms with Gasteiger partial charge in [-0.1, -0.05) is 22.0 Å². The minimum absolute atomic E-state index is 0.0687. The quantitative estimate of drug-likeness (QED) is 0.888. The van der Waals surface area contributed by atoms with E-state index >= 15 is 0 Å². The van der Waals surface area contributed by atoms with E-state index in [4.69, 9.17) is 5.11 Å². The lowest BCUT2D eigenvalue weighted by Gasteiger charge is -2.18. The van der Waals surface area contributed by atoms with Gasteiger partial charge in [-0.25, -0.2) is 8.78 Å². The first-order valence-corrected chi connectivity index (χ1v) is 5.28. The van der Waals surface area contributed by atoms with Gasteiger partial charge in [-0.15, -0.1) is 0 Å². The van der Waals surface area contributed by atoms with E-state index in [0.717, 1.165) is 5.56 Å². The van der Waals surface area contributed by atoms with Crippen LogP contribution < -0.4 is 5.32 Å². The number of rotatable bonds is 4. The van der Waals surface area contributed by atoms with E-state index < -0.39 is 6.36 Å². The summed E-state index contributed by atoms with van der Waals surface area (Å²) < 4.78 is 25.8. The smallest absolute Gasteiger partial charge is 0.198 e. The first-order valence-electron chi connectivity index (χ1n) is 4.49. The number of aliphatic hydroxyl groups excluding tert-OH is 1. The highest BCUT2D eigenvalue weighted by Crippen LogP contribution is 2.27. The Labute approximate surface area is 95.4 Å². The molecule has 1 aromatic rings. The van der Waals surface area contributed by atoms with Crippen molar-refractivity contribution < 1.29 is 13.9 Å². The molecule has 2 unspecified atom stereocenters. The molecule has 0 aliphatic heterocycles. The van der Waals surface area contributed by atoms with Crippen LogP contribution in [-0.4, -0.2) is 18.5 Å². The Bertz CT molecular complexity index is 333. The fourth-order valence-electron chi connectivity index (χ4n) is 1.38. The molecule has 0 aliphatic carbocycles. The SMILES string of the molecule is CNC(CC(O)F)c1ccc(F)cc1Br. The Hall–Kier alpha value is -0.520. The molecule has 15 heavy (non-hydrogen) atoms. The Morgan fingerprint density at radius 3 is 2.67 bits per heavy atom. The fraction of sp³-hybridized carbons (Fsp3) is 0.400. The summed E-state index contributed by atoms with van der Waals surface area (Å²) in [6, 6.07) is 3.82. The van der Waals surface area contributed by atoms with Gasteiger partial charge in [-0.3, -0.25) is 0 Å². The van der Waals surface area contributed by atoms with Crippen LogP contribution in [-0.2, 0) is 0 Å². The Morgan fingerprint density at radius 1 is 1.53 bits per heavy atom. The predicted octanol–water partition coefficient (Wildman–Crippen LogP) is 2.53. The molecule has 0 heterocycles. The van der Waals surface area contributed by atoms with Crippen molar-refractivity contribution >= 4 is 15.9 Å². The molecule has 0 bridgehead atoms. The molecule has 2 atom stereocenters. The second-order valence-electron chi connectivity index (χ2n) is 3.18. The van der Waals surface area contributed by atoms with Crippen molar-refractivity contribution in [3.63, 3.8) is 0 Å². The highest BCUT2D eigenvalue weighted by atomic mass is 79.9. The molecule has 0 amide bonds. The van der Waals surface area contributed by atoms with Gasteiger partial charge in [0.25, 0.3) is 0 Å². The van der Waals surface area contributed by atoms with Gasteiger partial charge < -0.3 is 10.4 Å². The molecule has 2 nitrogen and oxygen atoms in total. The molecule has 0 spiro atoms. The molecular weight excluding hydrogens is 268 g/mol.